The summed E-state index contributed by atoms with van der Waals surface area (Å²) in [4.78, 5) is 4.12. The van der Waals surface area contributed by atoms with Gasteiger partial charge in [0.2, 0.25) is 5.89 Å². The Morgan fingerprint density at radius 2 is 2.38 bits per heavy atom. The van der Waals surface area contributed by atoms with Crippen LogP contribution >= 0.6 is 0 Å². The monoisotopic (exact) mass is 245 g/mol. The number of rotatable bonds is 3. The lowest BCUT2D eigenvalue weighted by molar-refractivity contribution is 0.320. The molecule has 0 aromatic carbocycles. The van der Waals surface area contributed by atoms with Crippen LogP contribution in [-0.2, 0) is 15.6 Å². The number of aromatic nitrogens is 2. The summed E-state index contributed by atoms with van der Waals surface area (Å²) in [7, 11) is -3.10. The normalized spacial score (nSPS) is 22.2. The second-order valence-electron chi connectivity index (χ2n) is 4.16. The van der Waals surface area contributed by atoms with Gasteiger partial charge in [0.05, 0.1) is 5.92 Å². The van der Waals surface area contributed by atoms with Crippen LogP contribution in [0.4, 0.5) is 0 Å². The Hall–Kier alpha value is -0.950. The number of hydrogen-bond acceptors (Lipinski definition) is 6. The molecule has 16 heavy (non-hydrogen) atoms. The minimum Gasteiger partial charge on any atom is -0.339 e. The van der Waals surface area contributed by atoms with Crippen LogP contribution in [0, 0.1) is 0 Å². The Labute approximate surface area is 94.3 Å². The van der Waals surface area contributed by atoms with Crippen molar-refractivity contribution in [2.45, 2.75) is 24.5 Å². The van der Waals surface area contributed by atoms with Gasteiger partial charge in [0.25, 0.3) is 0 Å². The van der Waals surface area contributed by atoms with Gasteiger partial charge in [-0.1, -0.05) is 5.16 Å². The maximum absolute atomic E-state index is 11.1. The molecule has 1 atom stereocenters. The van der Waals surface area contributed by atoms with Crippen molar-refractivity contribution in [3.8, 4) is 0 Å². The molecule has 1 saturated heterocycles. The molecule has 1 fully saturated rings. The van der Waals surface area contributed by atoms with Crippen molar-refractivity contribution < 1.29 is 12.9 Å². The van der Waals surface area contributed by atoms with Gasteiger partial charge in [-0.25, -0.2) is 8.42 Å². The van der Waals surface area contributed by atoms with Crippen LogP contribution in [0.15, 0.2) is 4.52 Å². The molecule has 0 radical (unpaired) electrons. The van der Waals surface area contributed by atoms with E-state index < -0.39 is 9.84 Å². The predicted molar refractivity (Wildman–Crippen MR) is 57.7 cm³/mol. The summed E-state index contributed by atoms with van der Waals surface area (Å²) in [6.07, 6.45) is 3.24. The highest BCUT2D eigenvalue weighted by molar-refractivity contribution is 7.89. The van der Waals surface area contributed by atoms with Crippen molar-refractivity contribution in [2.75, 3.05) is 19.3 Å². The van der Waals surface area contributed by atoms with Gasteiger partial charge >= 0.3 is 0 Å². The molecule has 0 spiro atoms. The second-order valence-corrected chi connectivity index (χ2v) is 6.30. The number of piperidine rings is 1. The van der Waals surface area contributed by atoms with E-state index in [4.69, 9.17) is 4.52 Å². The average Bonchev–Trinajstić information content (AvgIpc) is 2.65. The molecule has 1 aliphatic rings. The third kappa shape index (κ3) is 3.02. The molecule has 7 heteroatoms. The molecular weight excluding hydrogens is 230 g/mol. The molecule has 1 aromatic heterocycles. The maximum atomic E-state index is 11.1. The average molecular weight is 245 g/mol. The van der Waals surface area contributed by atoms with Crippen molar-refractivity contribution in [1.29, 1.82) is 0 Å². The number of sulfone groups is 1. The molecule has 2 rings (SSSR count). The topological polar surface area (TPSA) is 85.1 Å². The summed E-state index contributed by atoms with van der Waals surface area (Å²) in [5, 5.41) is 6.93. The van der Waals surface area contributed by atoms with Crippen LogP contribution in [-0.4, -0.2) is 37.9 Å². The third-order valence-electron chi connectivity index (χ3n) is 2.52. The van der Waals surface area contributed by atoms with Crippen LogP contribution in [0.2, 0.25) is 0 Å². The van der Waals surface area contributed by atoms with E-state index in [1.54, 1.807) is 0 Å². The summed E-state index contributed by atoms with van der Waals surface area (Å²) >= 11 is 0. The highest BCUT2D eigenvalue weighted by atomic mass is 32.2. The van der Waals surface area contributed by atoms with E-state index in [0.717, 1.165) is 32.2 Å². The molecule has 90 valence electrons. The lowest BCUT2D eigenvalue weighted by Gasteiger charge is -2.18. The van der Waals surface area contributed by atoms with Gasteiger partial charge in [-0.05, 0) is 19.4 Å². The van der Waals surface area contributed by atoms with Crippen LogP contribution in [0.1, 0.15) is 30.5 Å². The van der Waals surface area contributed by atoms with E-state index in [2.05, 4.69) is 15.5 Å². The molecule has 0 amide bonds. The zero-order chi connectivity index (χ0) is 11.6. The second kappa shape index (κ2) is 4.50. The zero-order valence-electron chi connectivity index (χ0n) is 9.14. The largest absolute Gasteiger partial charge is 0.339 e. The SMILES string of the molecule is CS(=O)(=O)Cc1noc([C@H]2CCCNC2)n1. The highest BCUT2D eigenvalue weighted by Crippen LogP contribution is 2.21. The third-order valence-corrected chi connectivity index (χ3v) is 3.30. The summed E-state index contributed by atoms with van der Waals surface area (Å²) in [5.41, 5.74) is 0. The van der Waals surface area contributed by atoms with Gasteiger partial charge in [-0.2, -0.15) is 4.98 Å². The predicted octanol–water partition coefficient (Wildman–Crippen LogP) is 0.0812. The van der Waals surface area contributed by atoms with Crippen LogP contribution in [0.5, 0.6) is 0 Å². The summed E-state index contributed by atoms with van der Waals surface area (Å²) < 4.78 is 27.2. The van der Waals surface area contributed by atoms with Gasteiger partial charge in [0, 0.05) is 12.8 Å². The molecule has 0 unspecified atom stereocenters. The highest BCUT2D eigenvalue weighted by Gasteiger charge is 2.22. The maximum Gasteiger partial charge on any atom is 0.231 e. The van der Waals surface area contributed by atoms with Crippen molar-refractivity contribution in [1.82, 2.24) is 15.5 Å². The van der Waals surface area contributed by atoms with E-state index in [9.17, 15) is 8.42 Å². The molecule has 1 N–H and O–H groups in total. The first-order valence-corrected chi connectivity index (χ1v) is 7.31. The molecule has 2 heterocycles. The Bertz CT molecular complexity index is 448. The van der Waals surface area contributed by atoms with Crippen molar-refractivity contribution in [2.24, 2.45) is 0 Å². The minimum absolute atomic E-state index is 0.156. The Balaban J connectivity index is 2.06. The molecule has 1 aromatic rings. The fraction of sp³-hybridized carbons (Fsp3) is 0.778. The van der Waals surface area contributed by atoms with Gasteiger partial charge in [0.1, 0.15) is 5.75 Å². The summed E-state index contributed by atoms with van der Waals surface area (Å²) in [5.74, 6) is 0.861. The van der Waals surface area contributed by atoms with Crippen molar-refractivity contribution in [3.63, 3.8) is 0 Å². The van der Waals surface area contributed by atoms with Gasteiger partial charge in [-0.3, -0.25) is 0 Å². The quantitative estimate of drug-likeness (QED) is 0.811. The van der Waals surface area contributed by atoms with Crippen LogP contribution < -0.4 is 5.32 Å². The Morgan fingerprint density at radius 1 is 1.56 bits per heavy atom. The molecule has 6 nitrogen and oxygen atoms in total. The number of hydrogen-bond donors (Lipinski definition) is 1. The first-order valence-electron chi connectivity index (χ1n) is 5.25. The van der Waals surface area contributed by atoms with Gasteiger partial charge in [-0.15, -0.1) is 0 Å². The van der Waals surface area contributed by atoms with Crippen LogP contribution in [0.25, 0.3) is 0 Å². The molecule has 0 aliphatic carbocycles. The zero-order valence-corrected chi connectivity index (χ0v) is 9.96. The summed E-state index contributed by atoms with van der Waals surface area (Å²) in [6.45, 7) is 1.83. The Kier molecular flexibility index (Phi) is 3.25. The fourth-order valence-corrected chi connectivity index (χ4v) is 2.38. The standard InChI is InChI=1S/C9H15N3O3S/c1-16(13,14)6-8-11-9(15-12-8)7-3-2-4-10-5-7/h7,10H,2-6H2,1H3/t7-/m0/s1. The lowest BCUT2D eigenvalue weighted by atomic mass is 10.00. The van der Waals surface area contributed by atoms with E-state index in [-0.39, 0.29) is 17.5 Å². The first-order chi connectivity index (χ1) is 7.54. The molecule has 1 aliphatic heterocycles. The van der Waals surface area contributed by atoms with Crippen molar-refractivity contribution >= 4 is 9.84 Å². The van der Waals surface area contributed by atoms with Crippen molar-refractivity contribution in [3.05, 3.63) is 11.7 Å². The minimum atomic E-state index is -3.10. The van der Waals surface area contributed by atoms with E-state index >= 15 is 0 Å². The fourth-order valence-electron chi connectivity index (χ4n) is 1.79. The van der Waals surface area contributed by atoms with E-state index in [1.165, 1.54) is 0 Å². The van der Waals surface area contributed by atoms with Crippen LogP contribution in [0.3, 0.4) is 0 Å². The molecular formula is C9H15N3O3S. The van der Waals surface area contributed by atoms with Gasteiger partial charge < -0.3 is 9.84 Å². The lowest BCUT2D eigenvalue weighted by Crippen LogP contribution is -2.28. The van der Waals surface area contributed by atoms with E-state index in [0.29, 0.717) is 5.89 Å². The first kappa shape index (κ1) is 11.5. The molecule has 0 saturated carbocycles. The van der Waals surface area contributed by atoms with Gasteiger partial charge in [0.15, 0.2) is 15.7 Å². The molecule has 0 bridgehead atoms. The Morgan fingerprint density at radius 3 is 3.00 bits per heavy atom. The summed E-state index contributed by atoms with van der Waals surface area (Å²) in [6, 6.07) is 0. The van der Waals surface area contributed by atoms with E-state index in [1.807, 2.05) is 0 Å². The smallest absolute Gasteiger partial charge is 0.231 e. The number of nitrogens with one attached hydrogen (secondary N) is 1. The number of nitrogens with zero attached hydrogens (tertiary/aromatic N) is 2.